The van der Waals surface area contributed by atoms with Gasteiger partial charge in [-0.15, -0.1) is 0 Å². The van der Waals surface area contributed by atoms with Crippen LogP contribution in [0.4, 0.5) is 0 Å². The van der Waals surface area contributed by atoms with Crippen LogP contribution in [-0.4, -0.2) is 77.1 Å². The number of hydrogen-bond acceptors (Lipinski definition) is 11. The standard InChI is InChI=1S/C23H24O11/c1-30-11-5-3-10(4-6-11)21-22(34-23-20(29)19(28)17(26)15(9-24)33-23)18(27)16-13(25)7-12(31-2)8-14(16)32-21/h3-8,15,17,19-20,23-26,28-29H,9H2,1-2H3/t15-,17-,19+,20-,23-/m1/s1. The zero-order valence-corrected chi connectivity index (χ0v) is 18.2. The summed E-state index contributed by atoms with van der Waals surface area (Å²) in [5, 5.41) is 50.2. The molecule has 1 saturated heterocycles. The van der Waals surface area contributed by atoms with E-state index < -0.39 is 54.2 Å². The molecule has 2 aromatic carbocycles. The van der Waals surface area contributed by atoms with E-state index in [1.54, 1.807) is 24.3 Å². The number of methoxy groups -OCH3 is 2. The van der Waals surface area contributed by atoms with Gasteiger partial charge in [0.15, 0.2) is 5.76 Å². The van der Waals surface area contributed by atoms with Crippen molar-refractivity contribution in [2.75, 3.05) is 20.8 Å². The van der Waals surface area contributed by atoms with Crippen LogP contribution < -0.4 is 19.6 Å². The Labute approximate surface area is 192 Å². The predicted octanol–water partition coefficient (Wildman–Crippen LogP) is 0.361. The summed E-state index contributed by atoms with van der Waals surface area (Å²) in [5.41, 5.74) is -0.389. The minimum absolute atomic E-state index is 0.00817. The predicted molar refractivity (Wildman–Crippen MR) is 117 cm³/mol. The summed E-state index contributed by atoms with van der Waals surface area (Å²) in [6.07, 6.45) is -7.98. The number of rotatable bonds is 6. The number of benzene rings is 2. The van der Waals surface area contributed by atoms with Gasteiger partial charge in [0.25, 0.3) is 0 Å². The molecule has 0 spiro atoms. The lowest BCUT2D eigenvalue weighted by molar-refractivity contribution is -0.277. The molecular weight excluding hydrogens is 452 g/mol. The number of aliphatic hydroxyl groups excluding tert-OH is 4. The number of ether oxygens (including phenoxy) is 4. The Kier molecular flexibility index (Phi) is 6.64. The van der Waals surface area contributed by atoms with Crippen molar-refractivity contribution in [2.45, 2.75) is 30.7 Å². The summed E-state index contributed by atoms with van der Waals surface area (Å²) in [6.45, 7) is -0.678. The molecule has 11 heteroatoms. The first-order chi connectivity index (χ1) is 16.3. The summed E-state index contributed by atoms with van der Waals surface area (Å²) >= 11 is 0. The Morgan fingerprint density at radius 3 is 2.24 bits per heavy atom. The topological polar surface area (TPSA) is 168 Å². The van der Waals surface area contributed by atoms with Crippen LogP contribution in [0.3, 0.4) is 0 Å². The third kappa shape index (κ3) is 4.15. The van der Waals surface area contributed by atoms with Gasteiger partial charge in [0.05, 0.1) is 20.8 Å². The second-order valence-corrected chi connectivity index (χ2v) is 7.65. The molecule has 0 saturated carbocycles. The average Bonchev–Trinajstić information content (AvgIpc) is 2.85. The molecule has 34 heavy (non-hydrogen) atoms. The van der Waals surface area contributed by atoms with Gasteiger partial charge in [-0.25, -0.2) is 0 Å². The highest BCUT2D eigenvalue weighted by Gasteiger charge is 2.45. The molecule has 1 fully saturated rings. The fraction of sp³-hybridized carbons (Fsp3) is 0.348. The smallest absolute Gasteiger partial charge is 0.239 e. The number of phenolic OH excluding ortho intramolecular Hbond substituents is 1. The molecule has 5 N–H and O–H groups in total. The number of aliphatic hydroxyl groups is 4. The van der Waals surface area contributed by atoms with E-state index in [1.165, 1.54) is 26.4 Å². The van der Waals surface area contributed by atoms with Crippen molar-refractivity contribution in [1.82, 2.24) is 0 Å². The van der Waals surface area contributed by atoms with Gasteiger partial charge in [0.1, 0.15) is 52.6 Å². The number of phenols is 1. The van der Waals surface area contributed by atoms with Crippen LogP contribution in [0.25, 0.3) is 22.3 Å². The fourth-order valence-corrected chi connectivity index (χ4v) is 3.70. The van der Waals surface area contributed by atoms with E-state index >= 15 is 0 Å². The van der Waals surface area contributed by atoms with Crippen LogP contribution in [0.15, 0.2) is 45.6 Å². The van der Waals surface area contributed by atoms with Gasteiger partial charge in [-0.3, -0.25) is 4.79 Å². The molecule has 2 heterocycles. The first-order valence-electron chi connectivity index (χ1n) is 10.3. The molecule has 0 aliphatic carbocycles. The lowest BCUT2D eigenvalue weighted by Crippen LogP contribution is -2.60. The van der Waals surface area contributed by atoms with E-state index in [4.69, 9.17) is 23.4 Å². The third-order valence-corrected chi connectivity index (χ3v) is 5.58. The molecule has 11 nitrogen and oxygen atoms in total. The molecule has 182 valence electrons. The maximum absolute atomic E-state index is 13.4. The monoisotopic (exact) mass is 476 g/mol. The molecule has 1 aliphatic heterocycles. The highest BCUT2D eigenvalue weighted by molar-refractivity contribution is 5.88. The van der Waals surface area contributed by atoms with Gasteiger partial charge >= 0.3 is 0 Å². The Hall–Kier alpha value is -3.35. The number of hydrogen-bond donors (Lipinski definition) is 5. The molecule has 0 unspecified atom stereocenters. The van der Waals surface area contributed by atoms with Crippen LogP contribution >= 0.6 is 0 Å². The van der Waals surface area contributed by atoms with E-state index in [2.05, 4.69) is 0 Å². The number of aromatic hydroxyl groups is 1. The van der Waals surface area contributed by atoms with Crippen molar-refractivity contribution in [3.05, 3.63) is 46.6 Å². The van der Waals surface area contributed by atoms with Gasteiger partial charge in [-0.2, -0.15) is 0 Å². The van der Waals surface area contributed by atoms with Crippen molar-refractivity contribution in [3.63, 3.8) is 0 Å². The van der Waals surface area contributed by atoms with Gasteiger partial charge < -0.3 is 48.9 Å². The summed E-state index contributed by atoms with van der Waals surface area (Å²) in [6, 6.07) is 9.09. The largest absolute Gasteiger partial charge is 0.507 e. The maximum Gasteiger partial charge on any atom is 0.239 e. The number of fused-ring (bicyclic) bond motifs is 1. The molecular formula is C23H24O11. The van der Waals surface area contributed by atoms with E-state index in [0.29, 0.717) is 11.3 Å². The zero-order valence-electron chi connectivity index (χ0n) is 18.2. The summed E-state index contributed by atoms with van der Waals surface area (Å²) in [7, 11) is 2.88. The Morgan fingerprint density at radius 1 is 0.941 bits per heavy atom. The van der Waals surface area contributed by atoms with Crippen LogP contribution in [-0.2, 0) is 4.74 Å². The SMILES string of the molecule is COc1ccc(-c2oc3cc(OC)cc(O)c3c(=O)c2O[C@H]2O[C@H](CO)[C@@H](O)[C@H](O)[C@H]2O)cc1. The highest BCUT2D eigenvalue weighted by Crippen LogP contribution is 2.37. The van der Waals surface area contributed by atoms with Crippen LogP contribution in [0.1, 0.15) is 0 Å². The van der Waals surface area contributed by atoms with Gasteiger partial charge in [-0.1, -0.05) is 0 Å². The fourth-order valence-electron chi connectivity index (χ4n) is 3.70. The van der Waals surface area contributed by atoms with Crippen molar-refractivity contribution in [1.29, 1.82) is 0 Å². The van der Waals surface area contributed by atoms with Gasteiger partial charge in [0, 0.05) is 17.7 Å². The van der Waals surface area contributed by atoms with Crippen molar-refractivity contribution < 1.29 is 48.9 Å². The minimum Gasteiger partial charge on any atom is -0.507 e. The lowest BCUT2D eigenvalue weighted by atomic mass is 9.99. The van der Waals surface area contributed by atoms with Crippen molar-refractivity contribution in [3.8, 4) is 34.3 Å². The highest BCUT2D eigenvalue weighted by atomic mass is 16.7. The average molecular weight is 476 g/mol. The molecule has 0 bridgehead atoms. The molecule has 5 atom stereocenters. The van der Waals surface area contributed by atoms with E-state index in [9.17, 15) is 30.3 Å². The van der Waals surface area contributed by atoms with Crippen molar-refractivity contribution in [2.24, 2.45) is 0 Å². The normalized spacial score (nSPS) is 24.7. The second-order valence-electron chi connectivity index (χ2n) is 7.65. The molecule has 0 radical (unpaired) electrons. The van der Waals surface area contributed by atoms with Crippen LogP contribution in [0.5, 0.6) is 23.0 Å². The molecule has 1 aromatic heterocycles. The molecule has 0 amide bonds. The minimum atomic E-state index is -1.76. The summed E-state index contributed by atoms with van der Waals surface area (Å²) in [5.74, 6) is -0.130. The van der Waals surface area contributed by atoms with Crippen molar-refractivity contribution >= 4 is 11.0 Å². The molecule has 3 aromatic rings. The first kappa shape index (κ1) is 23.8. The van der Waals surface area contributed by atoms with Crippen LogP contribution in [0.2, 0.25) is 0 Å². The Morgan fingerprint density at radius 2 is 1.62 bits per heavy atom. The van der Waals surface area contributed by atoms with Gasteiger partial charge in [-0.05, 0) is 24.3 Å². The second kappa shape index (κ2) is 9.49. The molecule has 4 rings (SSSR count). The third-order valence-electron chi connectivity index (χ3n) is 5.58. The van der Waals surface area contributed by atoms with E-state index in [0.717, 1.165) is 0 Å². The quantitative estimate of drug-likeness (QED) is 0.333. The summed E-state index contributed by atoms with van der Waals surface area (Å²) < 4.78 is 27.3. The van der Waals surface area contributed by atoms with Gasteiger partial charge in [0.2, 0.25) is 17.5 Å². The maximum atomic E-state index is 13.4. The zero-order chi connectivity index (χ0) is 24.6. The van der Waals surface area contributed by atoms with E-state index in [-0.39, 0.29) is 22.5 Å². The molecule has 1 aliphatic rings. The Balaban J connectivity index is 1.89. The summed E-state index contributed by atoms with van der Waals surface area (Å²) in [4.78, 5) is 13.4. The first-order valence-corrected chi connectivity index (χ1v) is 10.3. The van der Waals surface area contributed by atoms with E-state index in [1.807, 2.05) is 0 Å². The lowest BCUT2D eigenvalue weighted by Gasteiger charge is -2.39. The Bertz CT molecular complexity index is 1220. The van der Waals surface area contributed by atoms with Crippen LogP contribution in [0, 0.1) is 0 Å².